The zero-order valence-corrected chi connectivity index (χ0v) is 16.5. The van der Waals surface area contributed by atoms with E-state index in [0.717, 1.165) is 35.8 Å². The summed E-state index contributed by atoms with van der Waals surface area (Å²) < 4.78 is 19.1. The highest BCUT2D eigenvalue weighted by atomic mass is 32.2. The molecule has 3 heterocycles. The van der Waals surface area contributed by atoms with Gasteiger partial charge in [-0.1, -0.05) is 0 Å². The third kappa shape index (κ3) is 4.31. The molecule has 0 spiro atoms. The Morgan fingerprint density at radius 3 is 2.86 bits per heavy atom. The molecule has 1 unspecified atom stereocenters. The summed E-state index contributed by atoms with van der Waals surface area (Å²) in [5.41, 5.74) is 3.11. The van der Waals surface area contributed by atoms with Crippen LogP contribution < -0.4 is 15.5 Å². The highest BCUT2D eigenvalue weighted by Crippen LogP contribution is 2.26. The third-order valence-electron chi connectivity index (χ3n) is 4.76. The molecule has 0 amide bonds. The third-order valence-corrected chi connectivity index (χ3v) is 5.48. The van der Waals surface area contributed by atoms with E-state index in [0.29, 0.717) is 13.2 Å². The van der Waals surface area contributed by atoms with E-state index >= 15 is 0 Å². The monoisotopic (exact) mass is 398 g/mol. The molecule has 1 fully saturated rings. The van der Waals surface area contributed by atoms with Crippen molar-refractivity contribution in [2.45, 2.75) is 17.6 Å². The van der Waals surface area contributed by atoms with Crippen LogP contribution in [0.5, 0.6) is 0 Å². The number of ether oxygens (including phenoxy) is 1. The van der Waals surface area contributed by atoms with E-state index in [-0.39, 0.29) is 12.0 Å². The maximum Gasteiger partial charge on any atom is 0.158 e. The summed E-state index contributed by atoms with van der Waals surface area (Å²) in [5.74, 6) is 0.660. The van der Waals surface area contributed by atoms with Crippen LogP contribution in [0.3, 0.4) is 0 Å². The number of hydrogen-bond acceptors (Lipinski definition) is 6. The van der Waals surface area contributed by atoms with E-state index in [4.69, 9.17) is 4.74 Å². The van der Waals surface area contributed by atoms with Crippen molar-refractivity contribution in [2.24, 2.45) is 0 Å². The molecule has 5 nitrogen and oxygen atoms in total. The largest absolute Gasteiger partial charge is 0.492 e. The molecule has 0 saturated carbocycles. The summed E-state index contributed by atoms with van der Waals surface area (Å²) in [6.45, 7) is 2.78. The number of hydrogen-bond donors (Lipinski definition) is 2. The number of halogens is 1. The molecule has 2 N–H and O–H groups in total. The van der Waals surface area contributed by atoms with Crippen molar-refractivity contribution < 1.29 is 9.13 Å². The summed E-state index contributed by atoms with van der Waals surface area (Å²) in [5, 5.41) is 6.84. The highest BCUT2D eigenvalue weighted by Gasteiger charge is 2.29. The van der Waals surface area contributed by atoms with Gasteiger partial charge in [-0.2, -0.15) is 0 Å². The summed E-state index contributed by atoms with van der Waals surface area (Å²) in [4.78, 5) is 7.81. The van der Waals surface area contributed by atoms with Gasteiger partial charge in [0.25, 0.3) is 0 Å². The van der Waals surface area contributed by atoms with Crippen LogP contribution in [-0.2, 0) is 11.3 Å². The predicted octanol–water partition coefficient (Wildman–Crippen LogP) is 3.27. The van der Waals surface area contributed by atoms with Gasteiger partial charge in [-0.05, 0) is 54.3 Å². The number of rotatable bonds is 6. The minimum absolute atomic E-state index is 0.0660. The molecule has 0 radical (unpaired) electrons. The second-order valence-corrected chi connectivity index (χ2v) is 7.53. The smallest absolute Gasteiger partial charge is 0.158 e. The SMILES string of the molecule is CSc1ccc(CNCC2=CNC3C(=C2)OCCN3c2ccc(F)cc2)nc1. The molecule has 2 aromatic rings. The first-order valence-electron chi connectivity index (χ1n) is 9.24. The molecule has 28 heavy (non-hydrogen) atoms. The zero-order valence-electron chi connectivity index (χ0n) is 15.7. The lowest BCUT2D eigenvalue weighted by Crippen LogP contribution is -2.52. The number of fused-ring (bicyclic) bond motifs is 1. The normalized spacial score (nSPS) is 18.5. The Morgan fingerprint density at radius 1 is 1.25 bits per heavy atom. The molecule has 1 saturated heterocycles. The fraction of sp³-hybridized carbons (Fsp3) is 0.286. The molecule has 1 aromatic carbocycles. The number of aromatic nitrogens is 1. The molecule has 0 aliphatic carbocycles. The molecule has 4 rings (SSSR count). The first-order chi connectivity index (χ1) is 13.7. The topological polar surface area (TPSA) is 49.4 Å². The van der Waals surface area contributed by atoms with Crippen LogP contribution in [0.4, 0.5) is 10.1 Å². The van der Waals surface area contributed by atoms with Crippen LogP contribution >= 0.6 is 11.8 Å². The average Bonchev–Trinajstić information content (AvgIpc) is 2.74. The molecule has 1 atom stereocenters. The number of dihydropyridines is 1. The second kappa shape index (κ2) is 8.67. The van der Waals surface area contributed by atoms with Gasteiger partial charge in [0, 0.05) is 36.1 Å². The van der Waals surface area contributed by atoms with E-state index < -0.39 is 0 Å². The first-order valence-corrected chi connectivity index (χ1v) is 10.5. The van der Waals surface area contributed by atoms with Crippen molar-refractivity contribution in [3.8, 4) is 0 Å². The van der Waals surface area contributed by atoms with Crippen LogP contribution in [-0.4, -0.2) is 37.1 Å². The molecule has 7 heteroatoms. The van der Waals surface area contributed by atoms with Crippen LogP contribution in [0.1, 0.15) is 5.69 Å². The van der Waals surface area contributed by atoms with Crippen LogP contribution in [0.25, 0.3) is 0 Å². The number of thioether (sulfide) groups is 1. The fourth-order valence-electron chi connectivity index (χ4n) is 3.31. The Labute approximate surface area is 168 Å². The van der Waals surface area contributed by atoms with E-state index in [1.54, 1.807) is 23.9 Å². The molecule has 146 valence electrons. The minimum atomic E-state index is -0.227. The molecular weight excluding hydrogens is 375 g/mol. The van der Waals surface area contributed by atoms with Crippen molar-refractivity contribution in [3.63, 3.8) is 0 Å². The maximum atomic E-state index is 13.2. The minimum Gasteiger partial charge on any atom is -0.492 e. The lowest BCUT2D eigenvalue weighted by Gasteiger charge is -2.40. The Hall–Kier alpha value is -2.51. The van der Waals surface area contributed by atoms with Gasteiger partial charge in [-0.25, -0.2) is 4.39 Å². The number of pyridine rings is 1. The van der Waals surface area contributed by atoms with Gasteiger partial charge in [0.05, 0.1) is 12.2 Å². The Morgan fingerprint density at radius 2 is 2.11 bits per heavy atom. The van der Waals surface area contributed by atoms with Crippen LogP contribution in [0, 0.1) is 5.82 Å². The van der Waals surface area contributed by atoms with Gasteiger partial charge in [-0.15, -0.1) is 11.8 Å². The molecule has 2 aliphatic rings. The van der Waals surface area contributed by atoms with Crippen molar-refractivity contribution in [1.29, 1.82) is 0 Å². The molecular formula is C21H23FN4OS. The Kier molecular flexibility index (Phi) is 5.83. The second-order valence-electron chi connectivity index (χ2n) is 6.65. The van der Waals surface area contributed by atoms with Crippen LogP contribution in [0.15, 0.2) is 71.1 Å². The van der Waals surface area contributed by atoms with Gasteiger partial charge in [0.15, 0.2) is 6.17 Å². The Balaban J connectivity index is 1.35. The highest BCUT2D eigenvalue weighted by molar-refractivity contribution is 7.98. The summed E-state index contributed by atoms with van der Waals surface area (Å²) >= 11 is 1.69. The lowest BCUT2D eigenvalue weighted by molar-refractivity contribution is 0.158. The fourth-order valence-corrected chi connectivity index (χ4v) is 3.67. The molecule has 0 bridgehead atoms. The standard InChI is InChI=1S/C21H23FN4OS/c1-28-19-7-4-17(24-14-19)13-23-11-15-10-20-21(25-12-15)26(8-9-27-20)18-5-2-16(22)3-6-18/h2-7,10,12,14,21,23,25H,8-9,11,13H2,1H3. The van der Waals surface area contributed by atoms with Crippen LogP contribution in [0.2, 0.25) is 0 Å². The molecule has 2 aliphatic heterocycles. The summed E-state index contributed by atoms with van der Waals surface area (Å²) in [6.07, 6.45) is 7.96. The lowest BCUT2D eigenvalue weighted by atomic mass is 10.1. The Bertz CT molecular complexity index is 867. The average molecular weight is 399 g/mol. The van der Waals surface area contributed by atoms with Gasteiger partial charge in [-0.3, -0.25) is 4.98 Å². The summed E-state index contributed by atoms with van der Waals surface area (Å²) in [6, 6.07) is 10.7. The van der Waals surface area contributed by atoms with Gasteiger partial charge < -0.3 is 20.3 Å². The van der Waals surface area contributed by atoms with Crippen molar-refractivity contribution >= 4 is 17.4 Å². The number of nitrogens with zero attached hydrogens (tertiary/aromatic N) is 2. The van der Waals surface area contributed by atoms with Crippen molar-refractivity contribution in [2.75, 3.05) is 30.9 Å². The van der Waals surface area contributed by atoms with Gasteiger partial charge >= 0.3 is 0 Å². The number of morpholine rings is 1. The quantitative estimate of drug-likeness (QED) is 0.729. The van der Waals surface area contributed by atoms with E-state index in [9.17, 15) is 4.39 Å². The van der Waals surface area contributed by atoms with E-state index in [1.165, 1.54) is 17.0 Å². The molecule has 1 aromatic heterocycles. The zero-order chi connectivity index (χ0) is 19.3. The predicted molar refractivity (Wildman–Crippen MR) is 111 cm³/mol. The van der Waals surface area contributed by atoms with Crippen molar-refractivity contribution in [3.05, 3.63) is 77.7 Å². The van der Waals surface area contributed by atoms with Gasteiger partial charge in [0.1, 0.15) is 18.2 Å². The first kappa shape index (κ1) is 18.8. The maximum absolute atomic E-state index is 13.2. The number of benzene rings is 1. The number of anilines is 1. The van der Waals surface area contributed by atoms with Gasteiger partial charge in [0.2, 0.25) is 0 Å². The number of nitrogens with one attached hydrogen (secondary N) is 2. The summed E-state index contributed by atoms with van der Waals surface area (Å²) in [7, 11) is 0. The van der Waals surface area contributed by atoms with E-state index in [2.05, 4.69) is 32.7 Å². The van der Waals surface area contributed by atoms with Crippen molar-refractivity contribution in [1.82, 2.24) is 15.6 Å². The van der Waals surface area contributed by atoms with E-state index in [1.807, 2.05) is 24.7 Å².